The van der Waals surface area contributed by atoms with Gasteiger partial charge in [-0.15, -0.1) is 0 Å². The predicted molar refractivity (Wildman–Crippen MR) is 103 cm³/mol. The van der Waals surface area contributed by atoms with Crippen LogP contribution in [0.5, 0.6) is 0 Å². The van der Waals surface area contributed by atoms with E-state index < -0.39 is 6.04 Å². The van der Waals surface area contributed by atoms with E-state index in [2.05, 4.69) is 43.0 Å². The Morgan fingerprint density at radius 1 is 1.15 bits per heavy atom. The lowest BCUT2D eigenvalue weighted by molar-refractivity contribution is -0.123. The van der Waals surface area contributed by atoms with Gasteiger partial charge in [-0.3, -0.25) is 9.59 Å². The second-order valence-corrected chi connectivity index (χ2v) is 8.03. The lowest BCUT2D eigenvalue weighted by Crippen LogP contribution is -2.47. The van der Waals surface area contributed by atoms with E-state index in [0.717, 1.165) is 25.0 Å². The Labute approximate surface area is 156 Å². The minimum absolute atomic E-state index is 0.00988. The summed E-state index contributed by atoms with van der Waals surface area (Å²) in [5.74, 6) is 0.254. The van der Waals surface area contributed by atoms with E-state index in [9.17, 15) is 9.59 Å². The molecule has 0 aliphatic rings. The molecule has 0 fully saturated rings. The number of carbonyl (C=O) groups is 2. The summed E-state index contributed by atoms with van der Waals surface area (Å²) in [6.45, 7) is 8.39. The lowest BCUT2D eigenvalue weighted by atomic mass is 9.89. The lowest BCUT2D eigenvalue weighted by Gasteiger charge is -2.24. The molecule has 148 valence electrons. The molecular formula is C19H35N5O2. The average Bonchev–Trinajstić information content (AvgIpc) is 3.02. The van der Waals surface area contributed by atoms with Crippen LogP contribution < -0.4 is 16.8 Å². The number of hydrogen-bond donors (Lipinski definition) is 4. The van der Waals surface area contributed by atoms with Crippen molar-refractivity contribution < 1.29 is 9.59 Å². The average molecular weight is 366 g/mol. The second kappa shape index (κ2) is 11.0. The van der Waals surface area contributed by atoms with Crippen LogP contribution in [0.4, 0.5) is 0 Å². The van der Waals surface area contributed by atoms with Crippen LogP contribution in [0, 0.1) is 17.8 Å². The Bertz CT molecular complexity index is 542. The largest absolute Gasteiger partial charge is 0.369 e. The highest BCUT2D eigenvalue weighted by atomic mass is 16.2. The Kier molecular flexibility index (Phi) is 9.34. The third-order valence-corrected chi connectivity index (χ3v) is 4.46. The van der Waals surface area contributed by atoms with Crippen LogP contribution in [0.1, 0.15) is 59.1 Å². The zero-order chi connectivity index (χ0) is 19.7. The highest BCUT2D eigenvalue weighted by Crippen LogP contribution is 2.20. The van der Waals surface area contributed by atoms with Crippen LogP contribution in [-0.2, 0) is 16.0 Å². The summed E-state index contributed by atoms with van der Waals surface area (Å²) in [5.41, 5.74) is 12.4. The molecule has 1 aromatic heterocycles. The van der Waals surface area contributed by atoms with Crippen molar-refractivity contribution in [3.63, 3.8) is 0 Å². The normalized spacial score (nSPS) is 15.0. The zero-order valence-corrected chi connectivity index (χ0v) is 16.5. The Balaban J connectivity index is 2.61. The maximum absolute atomic E-state index is 12.5. The fraction of sp³-hybridized carbons (Fsp3) is 0.737. The number of aromatic nitrogens is 2. The number of nitrogens with two attached hydrogens (primary N) is 2. The minimum atomic E-state index is -0.632. The number of rotatable bonds is 12. The standard InChI is InChI=1S/C19H35N5O2/c1-12(2)7-14(18(21)25)5-6-15(8-13(3)4)24-19(26)17(20)9-16-10-22-11-23-16/h10-15,17H,5-9,20H2,1-4H3,(H2,21,25)(H,22,23)(H,24,26)/t14-,15-,17+/m1/s1. The zero-order valence-electron chi connectivity index (χ0n) is 16.5. The van der Waals surface area contributed by atoms with Crippen LogP contribution in [0.3, 0.4) is 0 Å². The number of nitrogens with zero attached hydrogens (tertiary/aromatic N) is 1. The van der Waals surface area contributed by atoms with Crippen molar-refractivity contribution in [3.05, 3.63) is 18.2 Å². The molecule has 2 amide bonds. The number of H-pyrrole nitrogens is 1. The van der Waals surface area contributed by atoms with Crippen LogP contribution in [0.2, 0.25) is 0 Å². The van der Waals surface area contributed by atoms with Crippen LogP contribution in [0.25, 0.3) is 0 Å². The summed E-state index contributed by atoms with van der Waals surface area (Å²) >= 11 is 0. The summed E-state index contributed by atoms with van der Waals surface area (Å²) in [4.78, 5) is 31.0. The maximum Gasteiger partial charge on any atom is 0.237 e. The highest BCUT2D eigenvalue weighted by Gasteiger charge is 2.23. The van der Waals surface area contributed by atoms with Crippen molar-refractivity contribution >= 4 is 11.8 Å². The maximum atomic E-state index is 12.5. The minimum Gasteiger partial charge on any atom is -0.369 e. The number of hydrogen-bond acceptors (Lipinski definition) is 4. The van der Waals surface area contributed by atoms with Crippen LogP contribution >= 0.6 is 0 Å². The van der Waals surface area contributed by atoms with Gasteiger partial charge in [0.25, 0.3) is 0 Å². The van der Waals surface area contributed by atoms with E-state index in [4.69, 9.17) is 11.5 Å². The predicted octanol–water partition coefficient (Wildman–Crippen LogP) is 1.74. The Hall–Kier alpha value is -1.89. The number of amides is 2. The van der Waals surface area contributed by atoms with E-state index in [0.29, 0.717) is 24.7 Å². The number of imidazole rings is 1. The van der Waals surface area contributed by atoms with Gasteiger partial charge < -0.3 is 21.8 Å². The Morgan fingerprint density at radius 2 is 1.81 bits per heavy atom. The van der Waals surface area contributed by atoms with Gasteiger partial charge in [0.1, 0.15) is 0 Å². The molecule has 7 heteroatoms. The topological polar surface area (TPSA) is 127 Å². The fourth-order valence-corrected chi connectivity index (χ4v) is 3.20. The smallest absolute Gasteiger partial charge is 0.237 e. The molecule has 1 heterocycles. The van der Waals surface area contributed by atoms with E-state index in [1.165, 1.54) is 0 Å². The van der Waals surface area contributed by atoms with E-state index >= 15 is 0 Å². The molecule has 0 unspecified atom stereocenters. The van der Waals surface area contributed by atoms with Gasteiger partial charge in [0, 0.05) is 30.3 Å². The first-order valence-electron chi connectivity index (χ1n) is 9.51. The van der Waals surface area contributed by atoms with Gasteiger partial charge in [-0.05, 0) is 37.5 Å². The van der Waals surface area contributed by atoms with Crippen LogP contribution in [0.15, 0.2) is 12.5 Å². The molecule has 3 atom stereocenters. The molecule has 0 saturated heterocycles. The molecule has 7 nitrogen and oxygen atoms in total. The van der Waals surface area contributed by atoms with E-state index in [1.54, 1.807) is 12.5 Å². The summed E-state index contributed by atoms with van der Waals surface area (Å²) in [6.07, 6.45) is 6.68. The number of aromatic amines is 1. The summed E-state index contributed by atoms with van der Waals surface area (Å²) in [5, 5.41) is 3.06. The van der Waals surface area contributed by atoms with E-state index in [-0.39, 0.29) is 23.8 Å². The Morgan fingerprint density at radius 3 is 2.31 bits per heavy atom. The summed E-state index contributed by atoms with van der Waals surface area (Å²) < 4.78 is 0. The van der Waals surface area contributed by atoms with Gasteiger partial charge in [-0.2, -0.15) is 0 Å². The molecule has 0 radical (unpaired) electrons. The molecule has 0 saturated carbocycles. The molecule has 1 aromatic rings. The van der Waals surface area contributed by atoms with Gasteiger partial charge in [0.2, 0.25) is 11.8 Å². The molecule has 6 N–H and O–H groups in total. The molecule has 0 bridgehead atoms. The number of carbonyl (C=O) groups excluding carboxylic acids is 2. The van der Waals surface area contributed by atoms with E-state index in [1.807, 2.05) is 0 Å². The van der Waals surface area contributed by atoms with Crippen molar-refractivity contribution in [3.8, 4) is 0 Å². The SMILES string of the molecule is CC(C)C[C@@H](CC[C@H](CC(C)C)C(N)=O)NC(=O)[C@@H](N)Cc1cnc[nH]1. The summed E-state index contributed by atoms with van der Waals surface area (Å²) in [7, 11) is 0. The molecule has 1 rings (SSSR count). The quantitative estimate of drug-likeness (QED) is 0.450. The monoisotopic (exact) mass is 365 g/mol. The third kappa shape index (κ3) is 8.47. The van der Waals surface area contributed by atoms with Gasteiger partial charge in [0.05, 0.1) is 12.4 Å². The first kappa shape index (κ1) is 22.2. The number of primary amides is 1. The van der Waals surface area contributed by atoms with Gasteiger partial charge in [-0.1, -0.05) is 27.7 Å². The van der Waals surface area contributed by atoms with Crippen LogP contribution in [-0.4, -0.2) is 33.9 Å². The van der Waals surface area contributed by atoms with Crippen molar-refractivity contribution in [2.75, 3.05) is 0 Å². The van der Waals surface area contributed by atoms with Gasteiger partial charge in [0.15, 0.2) is 0 Å². The highest BCUT2D eigenvalue weighted by molar-refractivity contribution is 5.82. The van der Waals surface area contributed by atoms with Gasteiger partial charge in [-0.25, -0.2) is 4.98 Å². The molecular weight excluding hydrogens is 330 g/mol. The first-order valence-corrected chi connectivity index (χ1v) is 9.51. The van der Waals surface area contributed by atoms with Crippen molar-refractivity contribution in [1.82, 2.24) is 15.3 Å². The molecule has 0 spiro atoms. The first-order chi connectivity index (χ1) is 12.2. The van der Waals surface area contributed by atoms with Crippen molar-refractivity contribution in [1.29, 1.82) is 0 Å². The third-order valence-electron chi connectivity index (χ3n) is 4.46. The molecule has 0 aliphatic carbocycles. The summed E-state index contributed by atoms with van der Waals surface area (Å²) in [6, 6.07) is -0.642. The second-order valence-electron chi connectivity index (χ2n) is 8.03. The van der Waals surface area contributed by atoms with Gasteiger partial charge >= 0.3 is 0 Å². The molecule has 26 heavy (non-hydrogen) atoms. The fourth-order valence-electron chi connectivity index (χ4n) is 3.20. The van der Waals surface area contributed by atoms with Crippen molar-refractivity contribution in [2.45, 2.75) is 71.9 Å². The molecule has 0 aromatic carbocycles. The van der Waals surface area contributed by atoms with Crippen molar-refractivity contribution in [2.24, 2.45) is 29.2 Å². The number of nitrogens with one attached hydrogen (secondary N) is 2. The molecule has 0 aliphatic heterocycles.